The van der Waals surface area contributed by atoms with Crippen LogP contribution in [0.1, 0.15) is 62.8 Å². The van der Waals surface area contributed by atoms with E-state index in [0.717, 1.165) is 38.5 Å². The van der Waals surface area contributed by atoms with Crippen molar-refractivity contribution in [3.8, 4) is 0 Å². The van der Waals surface area contributed by atoms with Gasteiger partial charge in [0, 0.05) is 44.3 Å². The van der Waals surface area contributed by atoms with Crippen LogP contribution in [0.2, 0.25) is 0 Å². The Labute approximate surface area is 163 Å². The molecule has 148 valence electrons. The first-order chi connectivity index (χ1) is 12.6. The number of aliphatic imine (C=N–C) groups is 1. The number of ether oxygens (including phenoxy) is 1. The molecule has 1 saturated carbocycles. The van der Waals surface area contributed by atoms with E-state index in [2.05, 4.69) is 36.4 Å². The van der Waals surface area contributed by atoms with Gasteiger partial charge >= 0.3 is 0 Å². The lowest BCUT2D eigenvalue weighted by molar-refractivity contribution is 0.138. The molecule has 1 fully saturated rings. The molecule has 0 spiro atoms. The lowest BCUT2D eigenvalue weighted by Crippen LogP contribution is -2.43. The largest absolute Gasteiger partial charge is 0.385 e. The Morgan fingerprint density at radius 1 is 1.35 bits per heavy atom. The van der Waals surface area contributed by atoms with Crippen LogP contribution in [-0.4, -0.2) is 37.7 Å². The highest BCUT2D eigenvalue weighted by molar-refractivity contribution is 7.11. The summed E-state index contributed by atoms with van der Waals surface area (Å²) in [6.45, 7) is 9.96. The first-order valence-corrected chi connectivity index (χ1v) is 10.8. The van der Waals surface area contributed by atoms with Gasteiger partial charge in [0.15, 0.2) is 5.96 Å². The van der Waals surface area contributed by atoms with E-state index < -0.39 is 0 Å². The Kier molecular flexibility index (Phi) is 8.85. The number of rotatable bonds is 10. The van der Waals surface area contributed by atoms with Crippen LogP contribution < -0.4 is 10.6 Å². The van der Waals surface area contributed by atoms with E-state index in [1.807, 2.05) is 6.20 Å². The molecule has 6 heteroatoms. The maximum atomic E-state index is 5.34. The SMILES string of the molecule is CCNC(=NCc1cnc(CC(C)C)s1)NCC1(CCOC)CCCC1. The van der Waals surface area contributed by atoms with Crippen molar-refractivity contribution in [2.75, 3.05) is 26.8 Å². The second kappa shape index (κ2) is 10.9. The van der Waals surface area contributed by atoms with Gasteiger partial charge in [0.2, 0.25) is 0 Å². The summed E-state index contributed by atoms with van der Waals surface area (Å²) >= 11 is 1.78. The molecule has 2 N–H and O–H groups in total. The van der Waals surface area contributed by atoms with Crippen LogP contribution in [0.25, 0.3) is 0 Å². The van der Waals surface area contributed by atoms with Crippen LogP contribution in [0, 0.1) is 11.3 Å². The molecule has 2 rings (SSSR count). The van der Waals surface area contributed by atoms with Crippen LogP contribution in [0.5, 0.6) is 0 Å². The maximum absolute atomic E-state index is 5.34. The Morgan fingerprint density at radius 2 is 2.12 bits per heavy atom. The zero-order valence-electron chi connectivity index (χ0n) is 16.9. The van der Waals surface area contributed by atoms with E-state index in [1.54, 1.807) is 18.4 Å². The number of hydrogen-bond acceptors (Lipinski definition) is 4. The zero-order valence-corrected chi connectivity index (χ0v) is 17.8. The van der Waals surface area contributed by atoms with E-state index in [1.165, 1.54) is 35.6 Å². The van der Waals surface area contributed by atoms with E-state index in [4.69, 9.17) is 9.73 Å². The van der Waals surface area contributed by atoms with Crippen molar-refractivity contribution < 1.29 is 4.74 Å². The molecule has 1 aromatic heterocycles. The minimum absolute atomic E-state index is 0.362. The fraction of sp³-hybridized carbons (Fsp3) is 0.800. The van der Waals surface area contributed by atoms with E-state index in [0.29, 0.717) is 17.9 Å². The first kappa shape index (κ1) is 21.2. The number of hydrogen-bond donors (Lipinski definition) is 2. The number of nitrogens with one attached hydrogen (secondary N) is 2. The molecule has 1 aliphatic rings. The van der Waals surface area contributed by atoms with Gasteiger partial charge in [-0.25, -0.2) is 9.98 Å². The molecule has 0 aliphatic heterocycles. The third kappa shape index (κ3) is 6.88. The van der Waals surface area contributed by atoms with Crippen LogP contribution >= 0.6 is 11.3 Å². The normalized spacial score (nSPS) is 17.0. The molecule has 5 nitrogen and oxygen atoms in total. The summed E-state index contributed by atoms with van der Waals surface area (Å²) in [6, 6.07) is 0. The molecule has 0 radical (unpaired) electrons. The third-order valence-electron chi connectivity index (χ3n) is 5.05. The van der Waals surface area contributed by atoms with Gasteiger partial charge in [-0.05, 0) is 37.5 Å². The molecule has 26 heavy (non-hydrogen) atoms. The fourth-order valence-corrected chi connectivity index (χ4v) is 4.65. The van der Waals surface area contributed by atoms with Crippen molar-refractivity contribution >= 4 is 17.3 Å². The Morgan fingerprint density at radius 3 is 2.77 bits per heavy atom. The topological polar surface area (TPSA) is 58.5 Å². The van der Waals surface area contributed by atoms with Crippen molar-refractivity contribution in [1.29, 1.82) is 0 Å². The maximum Gasteiger partial charge on any atom is 0.191 e. The van der Waals surface area contributed by atoms with Crippen molar-refractivity contribution in [3.63, 3.8) is 0 Å². The minimum atomic E-state index is 0.362. The zero-order chi connectivity index (χ0) is 18.8. The highest BCUT2D eigenvalue weighted by atomic mass is 32.1. The molecule has 0 aromatic carbocycles. The lowest BCUT2D eigenvalue weighted by Gasteiger charge is -2.30. The highest BCUT2D eigenvalue weighted by Crippen LogP contribution is 2.40. The Balaban J connectivity index is 1.92. The van der Waals surface area contributed by atoms with Gasteiger partial charge in [-0.3, -0.25) is 0 Å². The van der Waals surface area contributed by atoms with Crippen molar-refractivity contribution in [2.24, 2.45) is 16.3 Å². The molecule has 1 aromatic rings. The van der Waals surface area contributed by atoms with Gasteiger partial charge in [-0.1, -0.05) is 26.7 Å². The summed E-state index contributed by atoms with van der Waals surface area (Å²) in [5.74, 6) is 1.56. The van der Waals surface area contributed by atoms with E-state index in [-0.39, 0.29) is 0 Å². The monoisotopic (exact) mass is 380 g/mol. The molecule has 0 bridgehead atoms. The summed E-state index contributed by atoms with van der Waals surface area (Å²) in [5.41, 5.74) is 0.362. The van der Waals surface area contributed by atoms with Crippen LogP contribution in [0.4, 0.5) is 0 Å². The van der Waals surface area contributed by atoms with Gasteiger partial charge in [0.25, 0.3) is 0 Å². The van der Waals surface area contributed by atoms with E-state index >= 15 is 0 Å². The van der Waals surface area contributed by atoms with Crippen molar-refractivity contribution in [1.82, 2.24) is 15.6 Å². The molecule has 1 heterocycles. The fourth-order valence-electron chi connectivity index (χ4n) is 3.59. The van der Waals surface area contributed by atoms with E-state index in [9.17, 15) is 0 Å². The third-order valence-corrected chi connectivity index (χ3v) is 6.06. The second-order valence-electron chi connectivity index (χ2n) is 7.82. The minimum Gasteiger partial charge on any atom is -0.385 e. The second-order valence-corrected chi connectivity index (χ2v) is 9.02. The quantitative estimate of drug-likeness (QED) is 0.476. The summed E-state index contributed by atoms with van der Waals surface area (Å²) in [6.07, 6.45) is 9.40. The molecular formula is C20H36N4OS. The number of guanidine groups is 1. The molecule has 0 amide bonds. The average molecular weight is 381 g/mol. The van der Waals surface area contributed by atoms with Gasteiger partial charge in [-0.2, -0.15) is 0 Å². The molecule has 1 aliphatic carbocycles. The molecule has 0 unspecified atom stereocenters. The van der Waals surface area contributed by atoms with Crippen molar-refractivity contribution in [3.05, 3.63) is 16.1 Å². The first-order valence-electron chi connectivity index (χ1n) is 10.0. The number of nitrogens with zero attached hydrogens (tertiary/aromatic N) is 2. The molecular weight excluding hydrogens is 344 g/mol. The van der Waals surface area contributed by atoms with Crippen LogP contribution in [-0.2, 0) is 17.7 Å². The summed E-state index contributed by atoms with van der Waals surface area (Å²) in [7, 11) is 1.80. The van der Waals surface area contributed by atoms with Gasteiger partial charge in [-0.15, -0.1) is 11.3 Å². The lowest BCUT2D eigenvalue weighted by atomic mass is 9.83. The smallest absolute Gasteiger partial charge is 0.191 e. The summed E-state index contributed by atoms with van der Waals surface area (Å²) in [5, 5.41) is 8.19. The molecule has 0 atom stereocenters. The highest BCUT2D eigenvalue weighted by Gasteiger charge is 2.33. The van der Waals surface area contributed by atoms with Gasteiger partial charge < -0.3 is 15.4 Å². The summed E-state index contributed by atoms with van der Waals surface area (Å²) < 4.78 is 5.34. The Bertz CT molecular complexity index is 550. The number of methoxy groups -OCH3 is 1. The number of aromatic nitrogens is 1. The average Bonchev–Trinajstić information content (AvgIpc) is 3.25. The Hall–Kier alpha value is -1.14. The van der Waals surface area contributed by atoms with Gasteiger partial charge in [0.1, 0.15) is 0 Å². The predicted molar refractivity (Wildman–Crippen MR) is 111 cm³/mol. The van der Waals surface area contributed by atoms with Crippen LogP contribution in [0.3, 0.4) is 0 Å². The van der Waals surface area contributed by atoms with Crippen LogP contribution in [0.15, 0.2) is 11.2 Å². The number of thiazole rings is 1. The molecule has 0 saturated heterocycles. The van der Waals surface area contributed by atoms with Gasteiger partial charge in [0.05, 0.1) is 11.6 Å². The summed E-state index contributed by atoms with van der Waals surface area (Å²) in [4.78, 5) is 10.5. The predicted octanol–water partition coefficient (Wildman–Crippen LogP) is 3.99. The standard InChI is InChI=1S/C20H36N4OS/c1-5-21-19(23-14-17-13-22-18(26-17)12-16(2)3)24-15-20(10-11-25-4)8-6-7-9-20/h13,16H,5-12,14-15H2,1-4H3,(H2,21,23,24). The van der Waals surface area contributed by atoms with Crippen molar-refractivity contribution in [2.45, 2.75) is 65.8 Å².